The summed E-state index contributed by atoms with van der Waals surface area (Å²) in [4.78, 5) is -0.0273. The Morgan fingerprint density at radius 1 is 1.15 bits per heavy atom. The van der Waals surface area contributed by atoms with Crippen molar-refractivity contribution in [3.63, 3.8) is 0 Å². The zero-order valence-corrected chi connectivity index (χ0v) is 14.5. The van der Waals surface area contributed by atoms with Crippen molar-refractivity contribution in [1.29, 1.82) is 0 Å². The van der Waals surface area contributed by atoms with Gasteiger partial charge in [-0.05, 0) is 57.9 Å². The van der Waals surface area contributed by atoms with E-state index in [-0.39, 0.29) is 10.6 Å². The molecule has 0 heterocycles. The fourth-order valence-electron chi connectivity index (χ4n) is 2.80. The molecule has 1 aliphatic rings. The van der Waals surface area contributed by atoms with Crippen molar-refractivity contribution < 1.29 is 4.39 Å². The van der Waals surface area contributed by atoms with Crippen LogP contribution in [0.4, 0.5) is 4.39 Å². The van der Waals surface area contributed by atoms with Crippen LogP contribution >= 0.6 is 43.5 Å². The van der Waals surface area contributed by atoms with Gasteiger partial charge in [0.25, 0.3) is 0 Å². The second-order valence-electron chi connectivity index (χ2n) is 5.13. The van der Waals surface area contributed by atoms with Crippen molar-refractivity contribution in [2.75, 3.05) is 0 Å². The summed E-state index contributed by atoms with van der Waals surface area (Å²) in [6, 6.07) is 11.6. The number of hydrogen-bond donors (Lipinski definition) is 0. The Balaban J connectivity index is 1.88. The number of fused-ring (bicyclic) bond motifs is 1. The molecule has 1 aliphatic carbocycles. The number of hydrogen-bond acceptors (Lipinski definition) is 0. The minimum Gasteiger partial charge on any atom is -0.207 e. The lowest BCUT2D eigenvalue weighted by Crippen LogP contribution is -2.09. The Morgan fingerprint density at radius 3 is 2.35 bits per heavy atom. The monoisotopic (exact) mass is 416 g/mol. The highest BCUT2D eigenvalue weighted by atomic mass is 79.9. The van der Waals surface area contributed by atoms with Gasteiger partial charge in [0.1, 0.15) is 5.82 Å². The molecule has 0 aromatic heterocycles. The molecule has 1 unspecified atom stereocenters. The standard InChI is InChI=1S/C16H12Br2ClF/c17-13-8-15(20)12(7-14(13)19)16(18)11-5-9-3-1-2-4-10(9)6-11/h1-4,7-8,11,16H,5-6H2. The molecular weight excluding hydrogens is 406 g/mol. The first-order chi connectivity index (χ1) is 9.56. The molecule has 0 fully saturated rings. The molecule has 0 nitrogen and oxygen atoms in total. The van der Waals surface area contributed by atoms with Crippen LogP contribution in [0.25, 0.3) is 0 Å². The normalized spacial score (nSPS) is 16.2. The van der Waals surface area contributed by atoms with E-state index >= 15 is 0 Å². The van der Waals surface area contributed by atoms with Gasteiger partial charge < -0.3 is 0 Å². The quantitative estimate of drug-likeness (QED) is 0.409. The van der Waals surface area contributed by atoms with Crippen LogP contribution < -0.4 is 0 Å². The first kappa shape index (κ1) is 14.6. The molecular formula is C16H12Br2ClF. The largest absolute Gasteiger partial charge is 0.207 e. The van der Waals surface area contributed by atoms with Gasteiger partial charge in [-0.1, -0.05) is 51.8 Å². The fourth-order valence-corrected chi connectivity index (χ4v) is 4.02. The summed E-state index contributed by atoms with van der Waals surface area (Å²) < 4.78 is 14.7. The smallest absolute Gasteiger partial charge is 0.128 e. The minimum atomic E-state index is -0.223. The van der Waals surface area contributed by atoms with Gasteiger partial charge in [0.2, 0.25) is 0 Å². The summed E-state index contributed by atoms with van der Waals surface area (Å²) in [6.45, 7) is 0. The van der Waals surface area contributed by atoms with Crippen LogP contribution in [0.5, 0.6) is 0 Å². The van der Waals surface area contributed by atoms with Crippen molar-refractivity contribution in [1.82, 2.24) is 0 Å². The zero-order valence-electron chi connectivity index (χ0n) is 10.5. The molecule has 0 amide bonds. The minimum absolute atomic E-state index is 0.0273. The van der Waals surface area contributed by atoms with E-state index in [1.807, 2.05) is 0 Å². The average molecular weight is 419 g/mol. The molecule has 0 saturated carbocycles. The van der Waals surface area contributed by atoms with Crippen LogP contribution in [0.15, 0.2) is 40.9 Å². The Morgan fingerprint density at radius 2 is 1.75 bits per heavy atom. The molecule has 2 aromatic carbocycles. The van der Waals surface area contributed by atoms with Gasteiger partial charge in [0.15, 0.2) is 0 Å². The van der Waals surface area contributed by atoms with Gasteiger partial charge in [-0.25, -0.2) is 4.39 Å². The number of halogens is 4. The number of benzene rings is 2. The highest BCUT2D eigenvalue weighted by molar-refractivity contribution is 9.10. The Labute approximate surface area is 139 Å². The first-order valence-corrected chi connectivity index (χ1v) is 8.50. The topological polar surface area (TPSA) is 0 Å². The fraction of sp³-hybridized carbons (Fsp3) is 0.250. The van der Waals surface area contributed by atoms with E-state index < -0.39 is 0 Å². The van der Waals surface area contributed by atoms with Crippen molar-refractivity contribution in [3.8, 4) is 0 Å². The van der Waals surface area contributed by atoms with Gasteiger partial charge >= 0.3 is 0 Å². The van der Waals surface area contributed by atoms with E-state index in [4.69, 9.17) is 11.6 Å². The van der Waals surface area contributed by atoms with E-state index in [1.165, 1.54) is 17.2 Å². The molecule has 0 spiro atoms. The Kier molecular flexibility index (Phi) is 4.21. The van der Waals surface area contributed by atoms with E-state index in [0.717, 1.165) is 12.8 Å². The molecule has 0 N–H and O–H groups in total. The van der Waals surface area contributed by atoms with Crippen LogP contribution in [0.3, 0.4) is 0 Å². The zero-order chi connectivity index (χ0) is 14.3. The average Bonchev–Trinajstić information content (AvgIpc) is 2.86. The van der Waals surface area contributed by atoms with Gasteiger partial charge in [0.05, 0.1) is 5.02 Å². The lowest BCUT2D eigenvalue weighted by molar-refractivity contribution is 0.525. The maximum atomic E-state index is 14.1. The molecule has 2 aromatic rings. The SMILES string of the molecule is Fc1cc(Br)c(Cl)cc1C(Br)C1Cc2ccccc2C1. The summed E-state index contributed by atoms with van der Waals surface area (Å²) in [5, 5.41) is 0.543. The number of alkyl halides is 1. The van der Waals surface area contributed by atoms with Crippen molar-refractivity contribution >= 4 is 43.5 Å². The van der Waals surface area contributed by atoms with Crippen molar-refractivity contribution in [3.05, 3.63) is 68.4 Å². The Bertz CT molecular complexity index is 632. The third-order valence-corrected chi connectivity index (χ3v) is 6.27. The molecule has 0 saturated heterocycles. The van der Waals surface area contributed by atoms with Crippen LogP contribution in [0.1, 0.15) is 21.5 Å². The third kappa shape index (κ3) is 2.68. The molecule has 0 radical (unpaired) electrons. The predicted molar refractivity (Wildman–Crippen MR) is 88.1 cm³/mol. The van der Waals surface area contributed by atoms with Crippen LogP contribution in [-0.2, 0) is 12.8 Å². The van der Waals surface area contributed by atoms with Crippen molar-refractivity contribution in [2.45, 2.75) is 17.7 Å². The van der Waals surface area contributed by atoms with Crippen molar-refractivity contribution in [2.24, 2.45) is 5.92 Å². The van der Waals surface area contributed by atoms with Gasteiger partial charge in [-0.3, -0.25) is 0 Å². The van der Waals surface area contributed by atoms with E-state index in [1.54, 1.807) is 6.07 Å². The summed E-state index contributed by atoms with van der Waals surface area (Å²) >= 11 is 13.0. The summed E-state index contributed by atoms with van der Waals surface area (Å²) in [6.07, 6.45) is 1.94. The van der Waals surface area contributed by atoms with Gasteiger partial charge in [-0.2, -0.15) is 0 Å². The maximum Gasteiger partial charge on any atom is 0.128 e. The highest BCUT2D eigenvalue weighted by Crippen LogP contribution is 2.42. The molecule has 0 bridgehead atoms. The van der Waals surface area contributed by atoms with E-state index in [2.05, 4.69) is 56.1 Å². The van der Waals surface area contributed by atoms with Crippen LogP contribution in [0.2, 0.25) is 5.02 Å². The summed E-state index contributed by atoms with van der Waals surface area (Å²) in [5.74, 6) is 0.137. The lowest BCUT2D eigenvalue weighted by Gasteiger charge is -2.19. The molecule has 1 atom stereocenters. The molecule has 104 valence electrons. The second-order valence-corrected chi connectivity index (χ2v) is 7.37. The molecule has 4 heteroatoms. The number of rotatable bonds is 2. The van der Waals surface area contributed by atoms with Crippen LogP contribution in [0, 0.1) is 11.7 Å². The van der Waals surface area contributed by atoms with E-state index in [0.29, 0.717) is 21.0 Å². The summed E-state index contributed by atoms with van der Waals surface area (Å²) in [7, 11) is 0. The molecule has 20 heavy (non-hydrogen) atoms. The first-order valence-electron chi connectivity index (χ1n) is 6.41. The molecule has 3 rings (SSSR count). The highest BCUT2D eigenvalue weighted by Gasteiger charge is 2.29. The van der Waals surface area contributed by atoms with Gasteiger partial charge in [0, 0.05) is 14.9 Å². The van der Waals surface area contributed by atoms with Gasteiger partial charge in [-0.15, -0.1) is 0 Å². The van der Waals surface area contributed by atoms with Crippen LogP contribution in [-0.4, -0.2) is 0 Å². The maximum absolute atomic E-state index is 14.1. The lowest BCUT2D eigenvalue weighted by atomic mass is 9.96. The summed E-state index contributed by atoms with van der Waals surface area (Å²) in [5.41, 5.74) is 3.37. The molecule has 0 aliphatic heterocycles. The Hall–Kier alpha value is -0.380. The van der Waals surface area contributed by atoms with E-state index in [9.17, 15) is 4.39 Å². The predicted octanol–water partition coefficient (Wildman–Crippen LogP) is 6.09. The second kappa shape index (κ2) is 5.78. The third-order valence-electron chi connectivity index (χ3n) is 3.83.